The van der Waals surface area contributed by atoms with Gasteiger partial charge in [-0.25, -0.2) is 24.1 Å². The number of carbonyl (C=O) groups excluding carboxylic acids is 1. The molecule has 3 unspecified atom stereocenters. The van der Waals surface area contributed by atoms with Crippen LogP contribution in [0.15, 0.2) is 12.7 Å². The molecule has 166 valence electrons. The van der Waals surface area contributed by atoms with Crippen LogP contribution in [0.5, 0.6) is 0 Å². The predicted molar refractivity (Wildman–Crippen MR) is 92.4 cm³/mol. The number of hydrogen-bond donors (Lipinski definition) is 10. The number of aliphatic hydroxyl groups is 4. The van der Waals surface area contributed by atoms with Gasteiger partial charge < -0.3 is 55.5 Å². The van der Waals surface area contributed by atoms with E-state index in [1.54, 1.807) is 0 Å². The molecule has 0 radical (unpaired) electrons. The summed E-state index contributed by atoms with van der Waals surface area (Å²) in [5.41, 5.74) is 6.78. The third-order valence-electron chi connectivity index (χ3n) is 2.54. The maximum absolute atomic E-state index is 9.76. The molecule has 0 aliphatic heterocycles. The largest absolute Gasteiger partial charge is 0.478 e. The minimum atomic E-state index is -5.05. The smallest absolute Gasteiger partial charge is 0.394 e. The van der Waals surface area contributed by atoms with Crippen LogP contribution in [0.2, 0.25) is 0 Å². The molecule has 0 spiro atoms. The maximum atomic E-state index is 9.76. The van der Waals surface area contributed by atoms with E-state index in [2.05, 4.69) is 24.2 Å². The van der Waals surface area contributed by atoms with Crippen LogP contribution in [-0.2, 0) is 18.2 Å². The Bertz CT molecular complexity index is 832. The number of hydrogen-bond acceptors (Lipinski definition) is 12. The Morgan fingerprint density at radius 2 is 1.66 bits per heavy atom. The SMILES string of the molecule is Nc1ncnc2nc[nH]c12.O=CC(O)C(O)C(O)CO.O=P(O)(O)OP(=O)(O)O. The van der Waals surface area contributed by atoms with Gasteiger partial charge in [-0.15, -0.1) is 0 Å². The Balaban J connectivity index is 0.000000407. The Hall–Kier alpha value is -1.88. The maximum Gasteiger partial charge on any atom is 0.478 e. The summed E-state index contributed by atoms with van der Waals surface area (Å²) in [5.74, 6) is 0.433. The molecular formula is C10H19N5O12P2. The number of H-pyrrole nitrogens is 1. The summed E-state index contributed by atoms with van der Waals surface area (Å²) in [7, 11) is -10.1. The van der Waals surface area contributed by atoms with Crippen molar-refractivity contribution in [2.75, 3.05) is 12.3 Å². The quantitative estimate of drug-likeness (QED) is 0.146. The van der Waals surface area contributed by atoms with Crippen LogP contribution in [0.3, 0.4) is 0 Å². The molecule has 0 fully saturated rings. The molecule has 2 aromatic heterocycles. The van der Waals surface area contributed by atoms with Gasteiger partial charge in [-0.3, -0.25) is 0 Å². The normalized spacial score (nSPS) is 14.6. The number of nitrogens with one attached hydrogen (secondary N) is 1. The van der Waals surface area contributed by atoms with Gasteiger partial charge in [0.05, 0.1) is 12.9 Å². The molecule has 0 aliphatic rings. The molecule has 0 aliphatic carbocycles. The van der Waals surface area contributed by atoms with Crippen molar-refractivity contribution < 1.29 is 58.2 Å². The molecule has 0 saturated carbocycles. The van der Waals surface area contributed by atoms with Gasteiger partial charge in [-0.1, -0.05) is 0 Å². The van der Waals surface area contributed by atoms with Crippen molar-refractivity contribution in [3.05, 3.63) is 12.7 Å². The number of aldehydes is 1. The molecule has 17 nitrogen and oxygen atoms in total. The van der Waals surface area contributed by atoms with Crippen LogP contribution >= 0.6 is 15.6 Å². The van der Waals surface area contributed by atoms with Crippen molar-refractivity contribution in [1.82, 2.24) is 19.9 Å². The van der Waals surface area contributed by atoms with Crippen molar-refractivity contribution >= 4 is 38.9 Å². The fourth-order valence-electron chi connectivity index (χ4n) is 1.34. The summed E-state index contributed by atoms with van der Waals surface area (Å²) in [6, 6.07) is 0. The van der Waals surface area contributed by atoms with E-state index in [9.17, 15) is 13.9 Å². The van der Waals surface area contributed by atoms with Gasteiger partial charge in [0.15, 0.2) is 17.8 Å². The standard InChI is InChI=1S/C5H5N5.C5H10O5.H4O7P2/c6-4-3-5(9-1-7-3)10-2-8-4;6-1-3(8)5(10)4(9)2-7;1-8(2,3)7-9(4,5)6/h1-2H,(H3,6,7,8,9,10);1,3-5,7-10H,2H2;(H2,1,2,3)(H2,4,5,6). The number of anilines is 1. The number of aliphatic hydroxyl groups excluding tert-OH is 4. The second-order valence-corrected chi connectivity index (χ2v) is 7.41. The van der Waals surface area contributed by atoms with Crippen molar-refractivity contribution in [2.45, 2.75) is 18.3 Å². The van der Waals surface area contributed by atoms with Crippen LogP contribution in [0.1, 0.15) is 0 Å². The van der Waals surface area contributed by atoms with Gasteiger partial charge in [0.1, 0.15) is 30.2 Å². The molecule has 29 heavy (non-hydrogen) atoms. The summed E-state index contributed by atoms with van der Waals surface area (Å²) >= 11 is 0. The molecular weight excluding hydrogens is 444 g/mol. The lowest BCUT2D eigenvalue weighted by atomic mass is 10.1. The second-order valence-electron chi connectivity index (χ2n) is 4.79. The molecule has 0 bridgehead atoms. The number of nitrogens with two attached hydrogens (primary N) is 1. The number of nitrogen functional groups attached to an aromatic ring is 1. The van der Waals surface area contributed by atoms with Crippen LogP contribution in [0.4, 0.5) is 5.82 Å². The average Bonchev–Trinajstić information content (AvgIpc) is 3.08. The van der Waals surface area contributed by atoms with E-state index in [0.717, 1.165) is 0 Å². The Morgan fingerprint density at radius 3 is 2.03 bits per heavy atom. The number of nitrogens with zero attached hydrogens (tertiary/aromatic N) is 3. The van der Waals surface area contributed by atoms with Gasteiger partial charge >= 0.3 is 15.6 Å². The molecule has 11 N–H and O–H groups in total. The first-order valence-corrected chi connectivity index (χ1v) is 10.1. The van der Waals surface area contributed by atoms with E-state index in [1.807, 2.05) is 0 Å². The fourth-order valence-corrected chi connectivity index (χ4v) is 2.45. The molecule has 3 atom stereocenters. The van der Waals surface area contributed by atoms with E-state index in [-0.39, 0.29) is 6.29 Å². The zero-order chi connectivity index (χ0) is 22.8. The van der Waals surface area contributed by atoms with Crippen LogP contribution in [-0.4, -0.2) is 91.1 Å². The molecule has 2 heterocycles. The van der Waals surface area contributed by atoms with Gasteiger partial charge in [0, 0.05) is 0 Å². The highest BCUT2D eigenvalue weighted by molar-refractivity contribution is 7.60. The Kier molecular flexibility index (Phi) is 11.2. The van der Waals surface area contributed by atoms with E-state index >= 15 is 0 Å². The summed E-state index contributed by atoms with van der Waals surface area (Å²) in [6.07, 6.45) is -1.71. The molecule has 2 aromatic rings. The summed E-state index contributed by atoms with van der Waals surface area (Å²) in [6.45, 7) is -0.688. The number of phosphoric acid groups is 2. The number of aromatic nitrogens is 4. The van der Waals surface area contributed by atoms with Crippen molar-refractivity contribution in [3.63, 3.8) is 0 Å². The van der Waals surface area contributed by atoms with Crippen LogP contribution < -0.4 is 5.73 Å². The predicted octanol–water partition coefficient (Wildman–Crippen LogP) is -3.62. The van der Waals surface area contributed by atoms with E-state index in [1.165, 1.54) is 12.7 Å². The lowest BCUT2D eigenvalue weighted by Gasteiger charge is -2.16. The van der Waals surface area contributed by atoms with E-state index < -0.39 is 40.6 Å². The molecule has 0 saturated heterocycles. The number of fused-ring (bicyclic) bond motifs is 1. The number of rotatable bonds is 6. The number of imidazole rings is 1. The molecule has 19 heteroatoms. The first kappa shape index (κ1) is 27.1. The van der Waals surface area contributed by atoms with Gasteiger partial charge in [-0.05, 0) is 0 Å². The molecule has 2 rings (SSSR count). The second kappa shape index (κ2) is 12.0. The van der Waals surface area contributed by atoms with Gasteiger partial charge in [0.25, 0.3) is 0 Å². The summed E-state index contributed by atoms with van der Waals surface area (Å²) in [4.78, 5) is 55.1. The highest BCUT2D eigenvalue weighted by Crippen LogP contribution is 2.53. The van der Waals surface area contributed by atoms with Crippen molar-refractivity contribution in [2.24, 2.45) is 0 Å². The fraction of sp³-hybridized carbons (Fsp3) is 0.400. The Labute approximate surface area is 161 Å². The van der Waals surface area contributed by atoms with E-state index in [0.29, 0.717) is 17.0 Å². The van der Waals surface area contributed by atoms with Crippen molar-refractivity contribution in [1.29, 1.82) is 0 Å². The number of aromatic amines is 1. The van der Waals surface area contributed by atoms with Gasteiger partial charge in [-0.2, -0.15) is 4.31 Å². The zero-order valence-electron chi connectivity index (χ0n) is 14.2. The zero-order valence-corrected chi connectivity index (χ0v) is 16.0. The van der Waals surface area contributed by atoms with E-state index in [4.69, 9.17) is 45.7 Å². The lowest BCUT2D eigenvalue weighted by Crippen LogP contribution is -2.40. The third kappa shape index (κ3) is 11.6. The first-order valence-electron chi connectivity index (χ1n) is 7.04. The van der Waals surface area contributed by atoms with Crippen LogP contribution in [0.25, 0.3) is 11.2 Å². The first-order chi connectivity index (χ1) is 13.2. The minimum absolute atomic E-state index is 0.0869. The monoisotopic (exact) mass is 463 g/mol. The number of carbonyl (C=O) groups is 1. The minimum Gasteiger partial charge on any atom is -0.394 e. The van der Waals surface area contributed by atoms with Gasteiger partial charge in [0.2, 0.25) is 0 Å². The molecule has 0 amide bonds. The highest BCUT2D eigenvalue weighted by atomic mass is 31.3. The Morgan fingerprint density at radius 1 is 1.10 bits per heavy atom. The van der Waals surface area contributed by atoms with Crippen LogP contribution in [0, 0.1) is 0 Å². The highest BCUT2D eigenvalue weighted by Gasteiger charge is 2.28. The third-order valence-corrected chi connectivity index (χ3v) is 4.24. The topological polar surface area (TPSA) is 303 Å². The van der Waals surface area contributed by atoms with Crippen molar-refractivity contribution in [3.8, 4) is 0 Å². The summed E-state index contributed by atoms with van der Waals surface area (Å²) in [5, 5.41) is 34.1. The lowest BCUT2D eigenvalue weighted by molar-refractivity contribution is -0.127. The molecule has 0 aromatic carbocycles. The summed E-state index contributed by atoms with van der Waals surface area (Å²) < 4.78 is 22.2. The average molecular weight is 463 g/mol.